The summed E-state index contributed by atoms with van der Waals surface area (Å²) in [4.78, 5) is 1.30. The van der Waals surface area contributed by atoms with Crippen LogP contribution in [0.1, 0.15) is 17.3 Å². The lowest BCUT2D eigenvalue weighted by Gasteiger charge is -2.18. The summed E-state index contributed by atoms with van der Waals surface area (Å²) in [6.45, 7) is 1.43. The fraction of sp³-hybridized carbons (Fsp3) is 0.600. The zero-order valence-corrected chi connectivity index (χ0v) is 10.9. The van der Waals surface area contributed by atoms with Crippen LogP contribution in [-0.2, 0) is 9.47 Å². The van der Waals surface area contributed by atoms with Crippen molar-refractivity contribution < 1.29 is 9.47 Å². The zero-order valence-electron chi connectivity index (χ0n) is 8.53. The van der Waals surface area contributed by atoms with E-state index >= 15 is 0 Å². The molecule has 1 unspecified atom stereocenters. The largest absolute Gasteiger partial charge is 0.350 e. The number of rotatable bonds is 4. The minimum absolute atomic E-state index is 0.0588. The summed E-state index contributed by atoms with van der Waals surface area (Å²) in [6, 6.07) is 2.36. The van der Waals surface area contributed by atoms with Crippen molar-refractivity contribution in [2.24, 2.45) is 0 Å². The quantitative estimate of drug-likeness (QED) is 0.925. The molecule has 1 aromatic rings. The minimum Gasteiger partial charge on any atom is -0.350 e. The second-order valence-electron chi connectivity index (χ2n) is 3.38. The molecule has 2 rings (SSSR count). The van der Waals surface area contributed by atoms with E-state index in [4.69, 9.17) is 9.47 Å². The van der Waals surface area contributed by atoms with Crippen LogP contribution in [0.25, 0.3) is 0 Å². The molecule has 1 aliphatic heterocycles. The highest BCUT2D eigenvalue weighted by Gasteiger charge is 2.23. The monoisotopic (exact) mass is 291 g/mol. The highest BCUT2D eigenvalue weighted by Crippen LogP contribution is 2.32. The summed E-state index contributed by atoms with van der Waals surface area (Å²) in [7, 11) is 1.96. The molecule has 0 spiro atoms. The van der Waals surface area contributed by atoms with E-state index in [1.54, 1.807) is 11.3 Å². The maximum absolute atomic E-state index is 5.45. The predicted octanol–water partition coefficient (Wildman–Crippen LogP) is 2.53. The lowest BCUT2D eigenvalue weighted by Crippen LogP contribution is -2.22. The average Bonchev–Trinajstić information content (AvgIpc) is 2.85. The summed E-state index contributed by atoms with van der Waals surface area (Å²) in [5.74, 6) is 0. The fourth-order valence-electron chi connectivity index (χ4n) is 1.65. The Morgan fingerprint density at radius 2 is 2.33 bits per heavy atom. The molecule has 1 aromatic heterocycles. The Morgan fingerprint density at radius 3 is 2.87 bits per heavy atom. The van der Waals surface area contributed by atoms with Gasteiger partial charge in [-0.3, -0.25) is 0 Å². The Morgan fingerprint density at radius 1 is 1.60 bits per heavy atom. The van der Waals surface area contributed by atoms with Gasteiger partial charge in [-0.1, -0.05) is 0 Å². The summed E-state index contributed by atoms with van der Waals surface area (Å²) in [5, 5.41) is 5.38. The molecule has 0 aliphatic carbocycles. The van der Waals surface area contributed by atoms with Gasteiger partial charge in [-0.05, 0) is 34.4 Å². The molecule has 1 N–H and O–H groups in total. The molecule has 0 bridgehead atoms. The first kappa shape index (κ1) is 11.5. The van der Waals surface area contributed by atoms with Crippen molar-refractivity contribution in [3.8, 4) is 0 Å². The molecule has 5 heteroatoms. The number of nitrogens with one attached hydrogen (secondary N) is 1. The second-order valence-corrected chi connectivity index (χ2v) is 5.18. The number of ether oxygens (including phenoxy) is 2. The fourth-order valence-corrected chi connectivity index (χ4v) is 3.42. The first-order chi connectivity index (χ1) is 7.31. The molecule has 0 radical (unpaired) electrons. The highest BCUT2D eigenvalue weighted by molar-refractivity contribution is 9.10. The van der Waals surface area contributed by atoms with Crippen LogP contribution in [0.4, 0.5) is 0 Å². The van der Waals surface area contributed by atoms with E-state index in [0.717, 1.165) is 10.9 Å². The van der Waals surface area contributed by atoms with Gasteiger partial charge in [-0.25, -0.2) is 0 Å². The molecule has 1 fully saturated rings. The molecular formula is C10H14BrNO2S. The van der Waals surface area contributed by atoms with Crippen molar-refractivity contribution in [3.63, 3.8) is 0 Å². The van der Waals surface area contributed by atoms with Crippen molar-refractivity contribution >= 4 is 27.3 Å². The number of hydrogen-bond donors (Lipinski definition) is 1. The summed E-state index contributed by atoms with van der Waals surface area (Å²) < 4.78 is 12.1. The standard InChI is InChI=1S/C10H14BrNO2S/c1-12-8(6-9-13-3-4-14-9)10-7(11)2-5-15-10/h2,5,8-9,12H,3-4,6H2,1H3. The molecule has 0 aromatic carbocycles. The molecule has 1 aliphatic rings. The van der Waals surface area contributed by atoms with Gasteiger partial charge in [0.2, 0.25) is 0 Å². The molecule has 1 atom stereocenters. The maximum atomic E-state index is 5.45. The van der Waals surface area contributed by atoms with Crippen molar-refractivity contribution in [2.75, 3.05) is 20.3 Å². The normalized spacial score (nSPS) is 19.6. The Labute approximate surface area is 102 Å². The highest BCUT2D eigenvalue weighted by atomic mass is 79.9. The van der Waals surface area contributed by atoms with Crippen LogP contribution in [0, 0.1) is 0 Å². The Kier molecular flexibility index (Phi) is 4.16. The molecule has 1 saturated heterocycles. The van der Waals surface area contributed by atoms with Gasteiger partial charge in [0.1, 0.15) is 0 Å². The maximum Gasteiger partial charge on any atom is 0.159 e. The second kappa shape index (κ2) is 5.41. The van der Waals surface area contributed by atoms with E-state index < -0.39 is 0 Å². The smallest absolute Gasteiger partial charge is 0.159 e. The van der Waals surface area contributed by atoms with Crippen LogP contribution < -0.4 is 5.32 Å². The van der Waals surface area contributed by atoms with Crippen molar-refractivity contribution in [1.29, 1.82) is 0 Å². The van der Waals surface area contributed by atoms with Crippen LogP contribution in [0.3, 0.4) is 0 Å². The Hall–Kier alpha value is 0.0600. The molecule has 3 nitrogen and oxygen atoms in total. The van der Waals surface area contributed by atoms with Crippen LogP contribution in [0.2, 0.25) is 0 Å². The average molecular weight is 292 g/mol. The molecular weight excluding hydrogens is 278 g/mol. The Balaban J connectivity index is 2.00. The summed E-state index contributed by atoms with van der Waals surface area (Å²) in [6.07, 6.45) is 0.798. The third-order valence-electron chi connectivity index (χ3n) is 2.43. The van der Waals surface area contributed by atoms with Gasteiger partial charge in [-0.2, -0.15) is 0 Å². The van der Waals surface area contributed by atoms with E-state index in [-0.39, 0.29) is 6.29 Å². The summed E-state index contributed by atoms with van der Waals surface area (Å²) >= 11 is 5.29. The van der Waals surface area contributed by atoms with E-state index in [9.17, 15) is 0 Å². The lowest BCUT2D eigenvalue weighted by atomic mass is 10.1. The molecule has 15 heavy (non-hydrogen) atoms. The van der Waals surface area contributed by atoms with Gasteiger partial charge in [0, 0.05) is 21.8 Å². The van der Waals surface area contributed by atoms with Crippen molar-refractivity contribution in [1.82, 2.24) is 5.32 Å². The molecule has 84 valence electrons. The van der Waals surface area contributed by atoms with Crippen LogP contribution in [-0.4, -0.2) is 26.6 Å². The van der Waals surface area contributed by atoms with E-state index in [1.807, 2.05) is 7.05 Å². The third kappa shape index (κ3) is 2.79. The van der Waals surface area contributed by atoms with Gasteiger partial charge < -0.3 is 14.8 Å². The van der Waals surface area contributed by atoms with Gasteiger partial charge in [0.05, 0.1) is 13.2 Å². The number of halogens is 1. The van der Waals surface area contributed by atoms with E-state index in [2.05, 4.69) is 32.7 Å². The Bertz CT molecular complexity index is 312. The van der Waals surface area contributed by atoms with Crippen LogP contribution in [0.5, 0.6) is 0 Å². The van der Waals surface area contributed by atoms with Crippen LogP contribution in [0.15, 0.2) is 15.9 Å². The predicted molar refractivity (Wildman–Crippen MR) is 64.1 cm³/mol. The van der Waals surface area contributed by atoms with Crippen molar-refractivity contribution in [2.45, 2.75) is 18.8 Å². The summed E-state index contributed by atoms with van der Waals surface area (Å²) in [5.41, 5.74) is 0. The third-order valence-corrected chi connectivity index (χ3v) is 4.41. The SMILES string of the molecule is CNC(CC1OCCO1)c1sccc1Br. The lowest BCUT2D eigenvalue weighted by molar-refractivity contribution is -0.0524. The van der Waals surface area contributed by atoms with Gasteiger partial charge in [0.15, 0.2) is 6.29 Å². The molecule has 2 heterocycles. The van der Waals surface area contributed by atoms with Crippen molar-refractivity contribution in [3.05, 3.63) is 20.8 Å². The first-order valence-corrected chi connectivity index (χ1v) is 6.62. The first-order valence-electron chi connectivity index (χ1n) is 4.94. The van der Waals surface area contributed by atoms with Crippen LogP contribution >= 0.6 is 27.3 Å². The van der Waals surface area contributed by atoms with Gasteiger partial charge in [-0.15, -0.1) is 11.3 Å². The molecule has 0 amide bonds. The minimum atomic E-state index is -0.0588. The number of hydrogen-bond acceptors (Lipinski definition) is 4. The number of thiophene rings is 1. The van der Waals surface area contributed by atoms with E-state index in [1.165, 1.54) is 4.88 Å². The van der Waals surface area contributed by atoms with Gasteiger partial charge >= 0.3 is 0 Å². The zero-order chi connectivity index (χ0) is 10.7. The van der Waals surface area contributed by atoms with Gasteiger partial charge in [0.25, 0.3) is 0 Å². The topological polar surface area (TPSA) is 30.5 Å². The van der Waals surface area contributed by atoms with E-state index in [0.29, 0.717) is 19.3 Å². The molecule has 0 saturated carbocycles.